The molecule has 0 unspecified atom stereocenters. The average Bonchev–Trinajstić information content (AvgIpc) is 3.10. The second-order valence-corrected chi connectivity index (χ2v) is 8.11. The first-order valence-corrected chi connectivity index (χ1v) is 11.0. The van der Waals surface area contributed by atoms with Crippen molar-refractivity contribution in [1.82, 2.24) is 14.3 Å². The van der Waals surface area contributed by atoms with Crippen LogP contribution in [0.5, 0.6) is 5.75 Å². The van der Waals surface area contributed by atoms with Gasteiger partial charge in [-0.1, -0.05) is 24.3 Å². The predicted molar refractivity (Wildman–Crippen MR) is 126 cm³/mol. The SMILES string of the molecule is Cn1c(=O)c2ccc(-c3ccnc(N4CCOCC4)c3)cc2n1Cc1ccccc1OC(F)F. The molecular formula is C25H24F2N4O3. The third-order valence-corrected chi connectivity index (χ3v) is 6.08. The van der Waals surface area contributed by atoms with Crippen LogP contribution in [0.15, 0.2) is 65.6 Å². The normalized spacial score (nSPS) is 14.2. The van der Waals surface area contributed by atoms with Crippen molar-refractivity contribution in [1.29, 1.82) is 0 Å². The largest absolute Gasteiger partial charge is 0.434 e. The Bertz CT molecular complexity index is 1380. The van der Waals surface area contributed by atoms with Gasteiger partial charge in [0, 0.05) is 31.9 Å². The Labute approximate surface area is 194 Å². The van der Waals surface area contributed by atoms with E-state index in [-0.39, 0.29) is 17.9 Å². The summed E-state index contributed by atoms with van der Waals surface area (Å²) in [7, 11) is 1.67. The average molecular weight is 466 g/mol. The van der Waals surface area contributed by atoms with Crippen LogP contribution < -0.4 is 15.2 Å². The molecule has 1 aliphatic heterocycles. The zero-order valence-corrected chi connectivity index (χ0v) is 18.7. The van der Waals surface area contributed by atoms with Crippen LogP contribution >= 0.6 is 0 Å². The van der Waals surface area contributed by atoms with Crippen LogP contribution in [0.4, 0.5) is 14.6 Å². The van der Waals surface area contributed by atoms with Crippen molar-refractivity contribution in [2.75, 3.05) is 31.2 Å². The van der Waals surface area contributed by atoms with E-state index < -0.39 is 6.61 Å². The van der Waals surface area contributed by atoms with Crippen molar-refractivity contribution in [3.8, 4) is 16.9 Å². The summed E-state index contributed by atoms with van der Waals surface area (Å²) in [6.07, 6.45) is 1.78. The highest BCUT2D eigenvalue weighted by Gasteiger charge is 2.17. The van der Waals surface area contributed by atoms with Gasteiger partial charge in [0.2, 0.25) is 0 Å². The number of benzene rings is 2. The van der Waals surface area contributed by atoms with Crippen LogP contribution in [-0.4, -0.2) is 47.3 Å². The second-order valence-electron chi connectivity index (χ2n) is 8.11. The number of para-hydroxylation sites is 1. The molecule has 0 radical (unpaired) electrons. The number of morpholine rings is 1. The molecule has 1 aliphatic rings. The van der Waals surface area contributed by atoms with E-state index in [4.69, 9.17) is 4.74 Å². The first-order valence-electron chi connectivity index (χ1n) is 11.0. The van der Waals surface area contributed by atoms with E-state index in [1.165, 1.54) is 10.7 Å². The first kappa shape index (κ1) is 22.1. The molecule has 0 bridgehead atoms. The van der Waals surface area contributed by atoms with Gasteiger partial charge in [-0.2, -0.15) is 8.78 Å². The number of ether oxygens (including phenoxy) is 2. The van der Waals surface area contributed by atoms with E-state index in [0.29, 0.717) is 29.7 Å². The lowest BCUT2D eigenvalue weighted by molar-refractivity contribution is -0.0505. The summed E-state index contributed by atoms with van der Waals surface area (Å²) in [4.78, 5) is 19.6. The Balaban J connectivity index is 1.55. The van der Waals surface area contributed by atoms with Crippen molar-refractivity contribution >= 4 is 16.7 Å². The molecule has 176 valence electrons. The molecule has 9 heteroatoms. The molecule has 2 aromatic carbocycles. The summed E-state index contributed by atoms with van der Waals surface area (Å²) >= 11 is 0. The van der Waals surface area contributed by atoms with Gasteiger partial charge in [-0.15, -0.1) is 0 Å². The van der Waals surface area contributed by atoms with E-state index >= 15 is 0 Å². The van der Waals surface area contributed by atoms with Crippen molar-refractivity contribution in [3.63, 3.8) is 0 Å². The fourth-order valence-electron chi connectivity index (χ4n) is 4.31. The summed E-state index contributed by atoms with van der Waals surface area (Å²) in [5, 5.41) is 0.556. The molecular weight excluding hydrogens is 442 g/mol. The van der Waals surface area contributed by atoms with Gasteiger partial charge in [0.25, 0.3) is 5.56 Å². The quantitative estimate of drug-likeness (QED) is 0.432. The molecule has 1 saturated heterocycles. The molecule has 7 nitrogen and oxygen atoms in total. The minimum Gasteiger partial charge on any atom is -0.434 e. The summed E-state index contributed by atoms with van der Waals surface area (Å²) in [6.45, 7) is 0.194. The fraction of sp³-hybridized carbons (Fsp3) is 0.280. The molecule has 0 aliphatic carbocycles. The Kier molecular flexibility index (Phi) is 6.02. The number of nitrogens with zero attached hydrogens (tertiary/aromatic N) is 4. The number of rotatable bonds is 6. The maximum absolute atomic E-state index is 12.9. The summed E-state index contributed by atoms with van der Waals surface area (Å²) < 4.78 is 39.2. The minimum atomic E-state index is -2.93. The zero-order chi connectivity index (χ0) is 23.7. The van der Waals surface area contributed by atoms with Gasteiger partial charge in [0.15, 0.2) is 0 Å². The monoisotopic (exact) mass is 466 g/mol. The molecule has 0 amide bonds. The van der Waals surface area contributed by atoms with Gasteiger partial charge in [-0.3, -0.25) is 14.2 Å². The highest BCUT2D eigenvalue weighted by Crippen LogP contribution is 2.28. The van der Waals surface area contributed by atoms with Crippen molar-refractivity contribution in [2.24, 2.45) is 7.05 Å². The van der Waals surface area contributed by atoms with E-state index in [0.717, 1.165) is 30.0 Å². The highest BCUT2D eigenvalue weighted by atomic mass is 19.3. The van der Waals surface area contributed by atoms with Crippen molar-refractivity contribution in [3.05, 3.63) is 76.7 Å². The van der Waals surface area contributed by atoms with Crippen LogP contribution in [0.25, 0.3) is 22.0 Å². The number of alkyl halides is 2. The van der Waals surface area contributed by atoms with E-state index in [2.05, 4.69) is 14.6 Å². The van der Waals surface area contributed by atoms with Crippen LogP contribution in [0.1, 0.15) is 5.56 Å². The summed E-state index contributed by atoms with van der Waals surface area (Å²) in [5.74, 6) is 0.969. The Hall–Kier alpha value is -3.72. The number of pyridine rings is 1. The lowest BCUT2D eigenvalue weighted by atomic mass is 10.0. The molecule has 1 fully saturated rings. The van der Waals surface area contributed by atoms with Gasteiger partial charge in [0.1, 0.15) is 11.6 Å². The van der Waals surface area contributed by atoms with Crippen LogP contribution in [-0.2, 0) is 18.3 Å². The van der Waals surface area contributed by atoms with Crippen LogP contribution in [0.2, 0.25) is 0 Å². The Morgan fingerprint density at radius 2 is 1.82 bits per heavy atom. The number of fused-ring (bicyclic) bond motifs is 1. The molecule has 4 aromatic rings. The lowest BCUT2D eigenvalue weighted by Crippen LogP contribution is -2.36. The van der Waals surface area contributed by atoms with E-state index in [1.54, 1.807) is 42.2 Å². The maximum Gasteiger partial charge on any atom is 0.387 e. The molecule has 34 heavy (non-hydrogen) atoms. The molecule has 0 atom stereocenters. The smallest absolute Gasteiger partial charge is 0.387 e. The molecule has 5 rings (SSSR count). The third kappa shape index (κ3) is 4.26. The topological polar surface area (TPSA) is 61.5 Å². The number of anilines is 1. The van der Waals surface area contributed by atoms with Gasteiger partial charge >= 0.3 is 6.61 Å². The standard InChI is InChI=1S/C25H24F2N4O3/c1-29-24(32)20-7-6-17(18-8-9-28-23(15-18)30-10-12-33-13-11-30)14-21(20)31(29)16-19-4-2-3-5-22(19)34-25(26)27/h2-9,14-15,25H,10-13,16H2,1H3. The van der Waals surface area contributed by atoms with Gasteiger partial charge in [0.05, 0.1) is 30.7 Å². The Morgan fingerprint density at radius 3 is 2.62 bits per heavy atom. The number of hydrogen-bond acceptors (Lipinski definition) is 5. The first-order chi connectivity index (χ1) is 16.5. The third-order valence-electron chi connectivity index (χ3n) is 6.08. The Morgan fingerprint density at radius 1 is 1.06 bits per heavy atom. The molecule has 3 heterocycles. The number of aromatic nitrogens is 3. The van der Waals surface area contributed by atoms with Gasteiger partial charge in [-0.25, -0.2) is 4.98 Å². The molecule has 0 spiro atoms. The van der Waals surface area contributed by atoms with Crippen molar-refractivity contribution in [2.45, 2.75) is 13.2 Å². The highest BCUT2D eigenvalue weighted by molar-refractivity contribution is 5.85. The molecule has 2 aromatic heterocycles. The van der Waals surface area contributed by atoms with E-state index in [1.807, 2.05) is 24.3 Å². The van der Waals surface area contributed by atoms with Crippen molar-refractivity contribution < 1.29 is 18.3 Å². The summed E-state index contributed by atoms with van der Waals surface area (Å²) in [5.41, 5.74) is 3.02. The predicted octanol–water partition coefficient (Wildman–Crippen LogP) is 3.89. The lowest BCUT2D eigenvalue weighted by Gasteiger charge is -2.28. The summed E-state index contributed by atoms with van der Waals surface area (Å²) in [6, 6.07) is 16.3. The maximum atomic E-state index is 12.9. The van der Waals surface area contributed by atoms with Gasteiger partial charge in [-0.05, 0) is 41.5 Å². The minimum absolute atomic E-state index is 0.0900. The fourth-order valence-corrected chi connectivity index (χ4v) is 4.31. The number of hydrogen-bond donors (Lipinski definition) is 0. The van der Waals surface area contributed by atoms with E-state index in [9.17, 15) is 13.6 Å². The zero-order valence-electron chi connectivity index (χ0n) is 18.7. The van der Waals surface area contributed by atoms with Crippen LogP contribution in [0, 0.1) is 0 Å². The molecule has 0 N–H and O–H groups in total. The van der Waals surface area contributed by atoms with Gasteiger partial charge < -0.3 is 14.4 Å². The molecule has 0 saturated carbocycles. The van der Waals surface area contributed by atoms with Crippen LogP contribution in [0.3, 0.4) is 0 Å². The number of halogens is 2. The second kappa shape index (κ2) is 9.26.